The summed E-state index contributed by atoms with van der Waals surface area (Å²) in [5.41, 5.74) is 3.27. The molecule has 5 nitrogen and oxygen atoms in total. The SMILES string of the molecule is Cn1ccc(-c2nc(C(=O)NCc3ccccc3)c3ccccn23)c1. The third-order valence-electron chi connectivity index (χ3n) is 4.15. The summed E-state index contributed by atoms with van der Waals surface area (Å²) < 4.78 is 3.92. The molecule has 124 valence electrons. The maximum Gasteiger partial charge on any atom is 0.272 e. The van der Waals surface area contributed by atoms with Crippen LogP contribution in [-0.4, -0.2) is 19.9 Å². The van der Waals surface area contributed by atoms with E-state index in [1.165, 1.54) is 0 Å². The molecule has 25 heavy (non-hydrogen) atoms. The highest BCUT2D eigenvalue weighted by atomic mass is 16.1. The number of imidazole rings is 1. The van der Waals surface area contributed by atoms with Gasteiger partial charge in [0.1, 0.15) is 5.82 Å². The van der Waals surface area contributed by atoms with Crippen molar-refractivity contribution < 1.29 is 4.79 Å². The van der Waals surface area contributed by atoms with Gasteiger partial charge in [0, 0.05) is 37.7 Å². The number of amides is 1. The zero-order valence-corrected chi connectivity index (χ0v) is 13.9. The van der Waals surface area contributed by atoms with E-state index in [0.29, 0.717) is 12.2 Å². The minimum absolute atomic E-state index is 0.172. The molecule has 0 unspecified atom stereocenters. The number of benzene rings is 1. The molecule has 0 atom stereocenters. The Morgan fingerprint density at radius 1 is 1.04 bits per heavy atom. The van der Waals surface area contributed by atoms with Gasteiger partial charge in [-0.2, -0.15) is 0 Å². The van der Waals surface area contributed by atoms with Crippen LogP contribution in [0.15, 0.2) is 73.2 Å². The molecule has 0 fully saturated rings. The fourth-order valence-electron chi connectivity index (χ4n) is 2.91. The standard InChI is InChI=1S/C20H18N4O/c1-23-12-10-16(14-23)19-22-18(17-9-5-6-11-24(17)19)20(25)21-13-15-7-3-2-4-8-15/h2-12,14H,13H2,1H3,(H,21,25). The molecule has 4 rings (SSSR count). The Labute approximate surface area is 145 Å². The fourth-order valence-corrected chi connectivity index (χ4v) is 2.91. The van der Waals surface area contributed by atoms with Gasteiger partial charge in [0.25, 0.3) is 5.91 Å². The van der Waals surface area contributed by atoms with Gasteiger partial charge >= 0.3 is 0 Å². The van der Waals surface area contributed by atoms with Gasteiger partial charge in [-0.05, 0) is 23.8 Å². The van der Waals surface area contributed by atoms with Crippen molar-refractivity contribution in [2.75, 3.05) is 0 Å². The van der Waals surface area contributed by atoms with Crippen molar-refractivity contribution in [3.63, 3.8) is 0 Å². The number of fused-ring (bicyclic) bond motifs is 1. The van der Waals surface area contributed by atoms with E-state index in [4.69, 9.17) is 0 Å². The molecule has 1 N–H and O–H groups in total. The van der Waals surface area contributed by atoms with Crippen LogP contribution in [0, 0.1) is 0 Å². The van der Waals surface area contributed by atoms with Crippen molar-refractivity contribution in [2.45, 2.75) is 6.54 Å². The van der Waals surface area contributed by atoms with Crippen LogP contribution in [0.2, 0.25) is 0 Å². The first-order valence-corrected chi connectivity index (χ1v) is 8.14. The zero-order valence-electron chi connectivity index (χ0n) is 13.9. The maximum absolute atomic E-state index is 12.7. The highest BCUT2D eigenvalue weighted by Gasteiger charge is 2.18. The number of nitrogens with one attached hydrogen (secondary N) is 1. The molecule has 1 aromatic carbocycles. The number of pyridine rings is 1. The van der Waals surface area contributed by atoms with Crippen LogP contribution < -0.4 is 5.32 Å². The molecule has 4 aromatic rings. The number of rotatable bonds is 4. The van der Waals surface area contributed by atoms with Crippen molar-refractivity contribution in [1.82, 2.24) is 19.3 Å². The van der Waals surface area contributed by atoms with E-state index in [2.05, 4.69) is 10.3 Å². The van der Waals surface area contributed by atoms with E-state index in [9.17, 15) is 4.79 Å². The van der Waals surface area contributed by atoms with E-state index in [1.807, 2.05) is 89.2 Å². The molecular weight excluding hydrogens is 312 g/mol. The molecule has 1 amide bonds. The average molecular weight is 330 g/mol. The Balaban J connectivity index is 1.68. The Hall–Kier alpha value is -3.34. The summed E-state index contributed by atoms with van der Waals surface area (Å²) >= 11 is 0. The summed E-state index contributed by atoms with van der Waals surface area (Å²) in [6.07, 6.45) is 5.89. The second kappa shape index (κ2) is 6.28. The van der Waals surface area contributed by atoms with Gasteiger partial charge < -0.3 is 9.88 Å². The second-order valence-corrected chi connectivity index (χ2v) is 5.97. The number of carbonyl (C=O) groups is 1. The maximum atomic E-state index is 12.7. The molecule has 0 saturated carbocycles. The Morgan fingerprint density at radius 2 is 1.84 bits per heavy atom. The first-order chi connectivity index (χ1) is 12.2. The largest absolute Gasteiger partial charge is 0.357 e. The predicted molar refractivity (Wildman–Crippen MR) is 97.2 cm³/mol. The van der Waals surface area contributed by atoms with Gasteiger partial charge in [-0.1, -0.05) is 36.4 Å². The van der Waals surface area contributed by atoms with Crippen molar-refractivity contribution in [2.24, 2.45) is 7.05 Å². The van der Waals surface area contributed by atoms with E-state index >= 15 is 0 Å². The lowest BCUT2D eigenvalue weighted by molar-refractivity contribution is 0.0948. The molecular formula is C20H18N4O. The first kappa shape index (κ1) is 15.2. The summed E-state index contributed by atoms with van der Waals surface area (Å²) in [5.74, 6) is 0.593. The number of nitrogens with zero attached hydrogens (tertiary/aromatic N) is 3. The summed E-state index contributed by atoms with van der Waals surface area (Å²) in [4.78, 5) is 17.3. The molecule has 0 aliphatic rings. The van der Waals surface area contributed by atoms with Crippen molar-refractivity contribution in [3.8, 4) is 11.4 Å². The Bertz CT molecular complexity index is 1030. The smallest absolute Gasteiger partial charge is 0.272 e. The zero-order chi connectivity index (χ0) is 17.2. The Morgan fingerprint density at radius 3 is 2.60 bits per heavy atom. The molecule has 0 saturated heterocycles. The van der Waals surface area contributed by atoms with E-state index in [1.54, 1.807) is 0 Å². The van der Waals surface area contributed by atoms with Gasteiger partial charge in [-0.3, -0.25) is 9.20 Å². The summed E-state index contributed by atoms with van der Waals surface area (Å²) in [6.45, 7) is 0.478. The van der Waals surface area contributed by atoms with Gasteiger partial charge in [-0.15, -0.1) is 0 Å². The fraction of sp³-hybridized carbons (Fsp3) is 0.100. The third kappa shape index (κ3) is 2.92. The summed E-state index contributed by atoms with van der Waals surface area (Å²) in [7, 11) is 1.97. The van der Waals surface area contributed by atoms with E-state index < -0.39 is 0 Å². The molecule has 5 heteroatoms. The molecule has 0 spiro atoms. The number of aromatic nitrogens is 3. The van der Waals surface area contributed by atoms with Crippen LogP contribution in [0.4, 0.5) is 0 Å². The predicted octanol–water partition coefficient (Wildman–Crippen LogP) is 3.27. The van der Waals surface area contributed by atoms with E-state index in [-0.39, 0.29) is 5.91 Å². The number of aryl methyl sites for hydroxylation is 1. The minimum Gasteiger partial charge on any atom is -0.357 e. The van der Waals surface area contributed by atoms with Crippen molar-refractivity contribution in [3.05, 3.63) is 84.4 Å². The molecule has 0 radical (unpaired) electrons. The van der Waals surface area contributed by atoms with Crippen LogP contribution in [0.25, 0.3) is 16.9 Å². The third-order valence-corrected chi connectivity index (χ3v) is 4.15. The molecule has 3 heterocycles. The number of hydrogen-bond donors (Lipinski definition) is 1. The van der Waals surface area contributed by atoms with Gasteiger partial charge in [-0.25, -0.2) is 4.98 Å². The molecule has 0 bridgehead atoms. The first-order valence-electron chi connectivity index (χ1n) is 8.14. The van der Waals surface area contributed by atoms with Gasteiger partial charge in [0.2, 0.25) is 0 Å². The van der Waals surface area contributed by atoms with Crippen LogP contribution >= 0.6 is 0 Å². The monoisotopic (exact) mass is 330 g/mol. The van der Waals surface area contributed by atoms with Crippen LogP contribution in [0.3, 0.4) is 0 Å². The Kier molecular flexibility index (Phi) is 3.82. The van der Waals surface area contributed by atoms with Crippen LogP contribution in [-0.2, 0) is 13.6 Å². The number of carbonyl (C=O) groups excluding carboxylic acids is 1. The second-order valence-electron chi connectivity index (χ2n) is 5.97. The lowest BCUT2D eigenvalue weighted by atomic mass is 10.2. The van der Waals surface area contributed by atoms with Crippen LogP contribution in [0.5, 0.6) is 0 Å². The van der Waals surface area contributed by atoms with Crippen molar-refractivity contribution >= 4 is 11.4 Å². The lowest BCUT2D eigenvalue weighted by Crippen LogP contribution is -2.23. The molecule has 0 aliphatic heterocycles. The molecule has 3 aromatic heterocycles. The molecule has 0 aliphatic carbocycles. The van der Waals surface area contributed by atoms with Crippen LogP contribution in [0.1, 0.15) is 16.1 Å². The highest BCUT2D eigenvalue weighted by molar-refractivity contribution is 6.00. The van der Waals surface area contributed by atoms with E-state index in [0.717, 1.165) is 22.5 Å². The summed E-state index contributed by atoms with van der Waals surface area (Å²) in [5, 5.41) is 2.96. The van der Waals surface area contributed by atoms with Crippen molar-refractivity contribution in [1.29, 1.82) is 0 Å². The normalized spacial score (nSPS) is 10.9. The van der Waals surface area contributed by atoms with Gasteiger partial charge in [0.15, 0.2) is 5.69 Å². The quantitative estimate of drug-likeness (QED) is 0.624. The summed E-state index contributed by atoms with van der Waals surface area (Å²) in [6, 6.07) is 17.6. The van der Waals surface area contributed by atoms with Gasteiger partial charge in [0.05, 0.1) is 5.52 Å². The minimum atomic E-state index is -0.172. The highest BCUT2D eigenvalue weighted by Crippen LogP contribution is 2.23. The average Bonchev–Trinajstić information content (AvgIpc) is 3.24. The number of hydrogen-bond acceptors (Lipinski definition) is 2. The topological polar surface area (TPSA) is 51.3 Å². The lowest BCUT2D eigenvalue weighted by Gasteiger charge is -2.03.